The third-order valence-electron chi connectivity index (χ3n) is 4.41. The number of thioether (sulfide) groups is 1. The van der Waals surface area contributed by atoms with E-state index in [1.807, 2.05) is 0 Å². The zero-order valence-corrected chi connectivity index (χ0v) is 16.9. The van der Waals surface area contributed by atoms with Crippen molar-refractivity contribution in [3.63, 3.8) is 0 Å². The predicted molar refractivity (Wildman–Crippen MR) is 107 cm³/mol. The lowest BCUT2D eigenvalue weighted by molar-refractivity contribution is -0.387. The number of morpholine rings is 1. The Hall–Kier alpha value is -1.64. The maximum Gasteiger partial charge on any atom is 0.283 e. The van der Waals surface area contributed by atoms with E-state index in [-0.39, 0.29) is 11.6 Å². The van der Waals surface area contributed by atoms with Crippen LogP contribution in [0, 0.1) is 16.0 Å². The van der Waals surface area contributed by atoms with Crippen LogP contribution in [0.1, 0.15) is 37.0 Å². The first-order valence-corrected chi connectivity index (χ1v) is 10.5. The lowest BCUT2D eigenvalue weighted by Crippen LogP contribution is -2.38. The monoisotopic (exact) mass is 395 g/mol. The molecule has 27 heavy (non-hydrogen) atoms. The van der Waals surface area contributed by atoms with E-state index in [1.165, 1.54) is 17.8 Å². The minimum Gasteiger partial charge on any atom is -0.379 e. The third kappa shape index (κ3) is 7.48. The number of benzene rings is 1. The van der Waals surface area contributed by atoms with Gasteiger partial charge < -0.3 is 10.1 Å². The first-order valence-electron chi connectivity index (χ1n) is 9.47. The highest BCUT2D eigenvalue weighted by molar-refractivity contribution is 7.99. The molecule has 0 bridgehead atoms. The van der Waals surface area contributed by atoms with Crippen LogP contribution < -0.4 is 5.32 Å². The molecule has 1 aliphatic rings. The summed E-state index contributed by atoms with van der Waals surface area (Å²) in [5.74, 6) is 1.11. The fraction of sp³-hybridized carbons (Fsp3) is 0.632. The number of rotatable bonds is 10. The van der Waals surface area contributed by atoms with Crippen molar-refractivity contribution in [2.75, 3.05) is 45.1 Å². The molecule has 1 amide bonds. The van der Waals surface area contributed by atoms with Crippen molar-refractivity contribution in [1.82, 2.24) is 10.2 Å². The van der Waals surface area contributed by atoms with Crippen LogP contribution in [0.25, 0.3) is 0 Å². The van der Waals surface area contributed by atoms with E-state index in [9.17, 15) is 14.9 Å². The van der Waals surface area contributed by atoms with Crippen LogP contribution in [0.3, 0.4) is 0 Å². The Bertz CT molecular complexity index is 633. The summed E-state index contributed by atoms with van der Waals surface area (Å²) in [5.41, 5.74) is 0.339. The van der Waals surface area contributed by atoms with Crippen LogP contribution in [0.5, 0.6) is 0 Å². The molecule has 1 aliphatic heterocycles. The topological polar surface area (TPSA) is 84.7 Å². The Morgan fingerprint density at radius 2 is 2.11 bits per heavy atom. The fourth-order valence-corrected chi connectivity index (χ4v) is 4.01. The number of nitrogens with zero attached hydrogens (tertiary/aromatic N) is 2. The quantitative estimate of drug-likeness (QED) is 0.283. The lowest BCUT2D eigenvalue weighted by atomic mass is 10.2. The van der Waals surface area contributed by atoms with Crippen molar-refractivity contribution >= 4 is 23.4 Å². The Morgan fingerprint density at radius 3 is 2.78 bits per heavy atom. The Labute approximate surface area is 165 Å². The minimum absolute atomic E-state index is 0.00437. The molecular weight excluding hydrogens is 366 g/mol. The van der Waals surface area contributed by atoms with Gasteiger partial charge in [0.1, 0.15) is 0 Å². The standard InChI is InChI=1S/C19H29N3O4S/c1-15(2)6-13-27-18-5-4-16(14-17(18)22(24)25)19(23)20-7-3-8-21-9-11-26-12-10-21/h4-5,14-15H,3,6-13H2,1-2H3,(H,20,23). The number of nitro benzene ring substituents is 1. The van der Waals surface area contributed by atoms with E-state index in [2.05, 4.69) is 24.1 Å². The summed E-state index contributed by atoms with van der Waals surface area (Å²) in [6.45, 7) is 9.09. The third-order valence-corrected chi connectivity index (χ3v) is 5.51. The molecule has 0 saturated carbocycles. The van der Waals surface area contributed by atoms with Crippen molar-refractivity contribution < 1.29 is 14.5 Å². The number of hydrogen-bond donors (Lipinski definition) is 1. The molecule has 0 aromatic heterocycles. The summed E-state index contributed by atoms with van der Waals surface area (Å²) in [5, 5.41) is 14.2. The van der Waals surface area contributed by atoms with Crippen LogP contribution >= 0.6 is 11.8 Å². The van der Waals surface area contributed by atoms with E-state index in [4.69, 9.17) is 4.74 Å². The van der Waals surface area contributed by atoms with Crippen LogP contribution in [0.4, 0.5) is 5.69 Å². The summed E-state index contributed by atoms with van der Waals surface area (Å²) >= 11 is 1.47. The van der Waals surface area contributed by atoms with Gasteiger partial charge in [-0.3, -0.25) is 19.8 Å². The van der Waals surface area contributed by atoms with Gasteiger partial charge in [0, 0.05) is 31.3 Å². The molecule has 0 radical (unpaired) electrons. The maximum atomic E-state index is 12.3. The molecule has 8 heteroatoms. The normalized spacial score (nSPS) is 15.1. The average Bonchev–Trinajstić information content (AvgIpc) is 2.65. The number of carbonyl (C=O) groups excluding carboxylic acids is 1. The summed E-state index contributed by atoms with van der Waals surface area (Å²) in [7, 11) is 0. The van der Waals surface area contributed by atoms with Gasteiger partial charge in [0.05, 0.1) is 23.0 Å². The number of nitrogens with one attached hydrogen (secondary N) is 1. The fourth-order valence-electron chi connectivity index (χ4n) is 2.76. The summed E-state index contributed by atoms with van der Waals surface area (Å²) < 4.78 is 5.31. The van der Waals surface area contributed by atoms with E-state index >= 15 is 0 Å². The van der Waals surface area contributed by atoms with E-state index in [0.29, 0.717) is 22.9 Å². The van der Waals surface area contributed by atoms with Gasteiger partial charge in [-0.2, -0.15) is 0 Å². The molecule has 1 aromatic carbocycles. The van der Waals surface area contributed by atoms with Gasteiger partial charge in [0.2, 0.25) is 0 Å². The van der Waals surface area contributed by atoms with Crippen molar-refractivity contribution in [3.8, 4) is 0 Å². The number of hydrogen-bond acceptors (Lipinski definition) is 6. The highest BCUT2D eigenvalue weighted by Crippen LogP contribution is 2.31. The SMILES string of the molecule is CC(C)CCSc1ccc(C(=O)NCCCN2CCOCC2)cc1[N+](=O)[O-]. The van der Waals surface area contributed by atoms with Gasteiger partial charge in [0.25, 0.3) is 11.6 Å². The molecule has 7 nitrogen and oxygen atoms in total. The maximum absolute atomic E-state index is 12.3. The molecule has 2 rings (SSSR count). The molecule has 1 saturated heterocycles. The number of amides is 1. The first kappa shape index (κ1) is 21.7. The van der Waals surface area contributed by atoms with Crippen LogP contribution in [-0.4, -0.2) is 60.9 Å². The zero-order valence-electron chi connectivity index (χ0n) is 16.1. The Kier molecular flexibility index (Phi) is 9.03. The van der Waals surface area contributed by atoms with Crippen LogP contribution in [-0.2, 0) is 4.74 Å². The highest BCUT2D eigenvalue weighted by Gasteiger charge is 2.18. The lowest BCUT2D eigenvalue weighted by Gasteiger charge is -2.26. The number of carbonyl (C=O) groups is 1. The zero-order chi connectivity index (χ0) is 19.6. The van der Waals surface area contributed by atoms with Gasteiger partial charge in [-0.25, -0.2) is 0 Å². The van der Waals surface area contributed by atoms with Crippen molar-refractivity contribution in [1.29, 1.82) is 0 Å². The minimum atomic E-state index is -0.410. The second-order valence-electron chi connectivity index (χ2n) is 7.03. The van der Waals surface area contributed by atoms with Crippen molar-refractivity contribution in [2.45, 2.75) is 31.6 Å². The van der Waals surface area contributed by atoms with Crippen LogP contribution in [0.2, 0.25) is 0 Å². The molecule has 150 valence electrons. The summed E-state index contributed by atoms with van der Waals surface area (Å²) in [6, 6.07) is 4.74. The largest absolute Gasteiger partial charge is 0.379 e. The van der Waals surface area contributed by atoms with Gasteiger partial charge >= 0.3 is 0 Å². The summed E-state index contributed by atoms with van der Waals surface area (Å²) in [6.07, 6.45) is 1.84. The molecule has 1 heterocycles. The molecule has 0 aliphatic carbocycles. The van der Waals surface area contributed by atoms with E-state index in [0.717, 1.165) is 51.4 Å². The van der Waals surface area contributed by atoms with Crippen LogP contribution in [0.15, 0.2) is 23.1 Å². The molecule has 0 atom stereocenters. The van der Waals surface area contributed by atoms with Crippen molar-refractivity contribution in [3.05, 3.63) is 33.9 Å². The molecule has 0 spiro atoms. The average molecular weight is 396 g/mol. The Balaban J connectivity index is 1.85. The van der Waals surface area contributed by atoms with Gasteiger partial charge in [-0.15, -0.1) is 11.8 Å². The molecular formula is C19H29N3O4S. The number of nitro groups is 1. The molecule has 1 fully saturated rings. The second kappa shape index (κ2) is 11.3. The second-order valence-corrected chi connectivity index (χ2v) is 8.17. The van der Waals surface area contributed by atoms with E-state index in [1.54, 1.807) is 12.1 Å². The smallest absolute Gasteiger partial charge is 0.283 e. The first-order chi connectivity index (χ1) is 13.0. The van der Waals surface area contributed by atoms with E-state index < -0.39 is 4.92 Å². The van der Waals surface area contributed by atoms with Gasteiger partial charge in [0.15, 0.2) is 0 Å². The summed E-state index contributed by atoms with van der Waals surface area (Å²) in [4.78, 5) is 26.2. The molecule has 0 unspecified atom stereocenters. The van der Waals surface area contributed by atoms with Gasteiger partial charge in [-0.1, -0.05) is 13.8 Å². The van der Waals surface area contributed by atoms with Crippen molar-refractivity contribution in [2.24, 2.45) is 5.92 Å². The number of ether oxygens (including phenoxy) is 1. The van der Waals surface area contributed by atoms with Gasteiger partial charge in [-0.05, 0) is 43.2 Å². The molecule has 1 N–H and O–H groups in total. The molecule has 1 aromatic rings. The highest BCUT2D eigenvalue weighted by atomic mass is 32.2. The Morgan fingerprint density at radius 1 is 1.37 bits per heavy atom. The predicted octanol–water partition coefficient (Wildman–Crippen LogP) is 3.19.